The Kier molecular flexibility index (Phi) is 3.53. The van der Waals surface area contributed by atoms with E-state index >= 15 is 0 Å². The van der Waals surface area contributed by atoms with Crippen molar-refractivity contribution in [3.8, 4) is 0 Å². The fraction of sp³-hybridized carbons (Fsp3) is 0.444. The molecule has 120 valence electrons. The van der Waals surface area contributed by atoms with Gasteiger partial charge in [0.2, 0.25) is 0 Å². The zero-order valence-electron chi connectivity index (χ0n) is 12.8. The Labute approximate surface area is 133 Å². The minimum atomic E-state index is -0.753. The van der Waals surface area contributed by atoms with Crippen molar-refractivity contribution in [2.45, 2.75) is 18.8 Å². The highest BCUT2D eigenvalue weighted by Gasteiger charge is 2.41. The highest BCUT2D eigenvalue weighted by Crippen LogP contribution is 2.47. The Morgan fingerprint density at radius 2 is 2.00 bits per heavy atom. The number of halogens is 1. The van der Waals surface area contributed by atoms with Crippen LogP contribution in [0, 0.1) is 17.7 Å². The molecule has 0 radical (unpaired) electrons. The van der Waals surface area contributed by atoms with Gasteiger partial charge in [0, 0.05) is 24.7 Å². The van der Waals surface area contributed by atoms with Crippen LogP contribution in [0.5, 0.6) is 0 Å². The summed E-state index contributed by atoms with van der Waals surface area (Å²) in [5.74, 6) is 0.547. The van der Waals surface area contributed by atoms with Crippen LogP contribution < -0.4 is 0 Å². The van der Waals surface area contributed by atoms with E-state index in [1.165, 1.54) is 11.6 Å². The number of likely N-dealkylation sites (tertiary alicyclic amines) is 1. The number of carbonyl (C=O) groups is 1. The maximum Gasteiger partial charge on any atom is 0.317 e. The summed E-state index contributed by atoms with van der Waals surface area (Å²) < 4.78 is 13.6. The SMILES string of the molecule is O=C(O)CN1CC2CC(c3ccnc4ccc(F)cc34)C[C@H]2C1. The summed E-state index contributed by atoms with van der Waals surface area (Å²) in [6.45, 7) is 1.87. The molecule has 23 heavy (non-hydrogen) atoms. The largest absolute Gasteiger partial charge is 0.480 e. The number of aliphatic carboxylic acids is 1. The molecule has 1 saturated heterocycles. The van der Waals surface area contributed by atoms with Crippen LogP contribution in [0.4, 0.5) is 4.39 Å². The summed E-state index contributed by atoms with van der Waals surface area (Å²) in [5, 5.41) is 9.84. The predicted molar refractivity (Wildman–Crippen MR) is 84.7 cm³/mol. The Hall–Kier alpha value is -2.01. The second kappa shape index (κ2) is 5.57. The lowest BCUT2D eigenvalue weighted by molar-refractivity contribution is -0.138. The van der Waals surface area contributed by atoms with Gasteiger partial charge in [0.05, 0.1) is 12.1 Å². The van der Waals surface area contributed by atoms with Crippen molar-refractivity contribution >= 4 is 16.9 Å². The molecule has 5 heteroatoms. The highest BCUT2D eigenvalue weighted by atomic mass is 19.1. The Balaban J connectivity index is 1.56. The molecule has 1 aromatic carbocycles. The third-order valence-corrected chi connectivity index (χ3v) is 5.36. The third-order valence-electron chi connectivity index (χ3n) is 5.36. The van der Waals surface area contributed by atoms with Crippen LogP contribution in [-0.2, 0) is 4.79 Å². The Morgan fingerprint density at radius 1 is 1.26 bits per heavy atom. The normalized spacial score (nSPS) is 27.4. The summed E-state index contributed by atoms with van der Waals surface area (Å²) in [5.41, 5.74) is 2.03. The van der Waals surface area contributed by atoms with E-state index in [4.69, 9.17) is 5.11 Å². The lowest BCUT2D eigenvalue weighted by atomic mass is 9.93. The number of carboxylic acids is 1. The van der Waals surface area contributed by atoms with Crippen molar-refractivity contribution in [1.29, 1.82) is 0 Å². The first kappa shape index (κ1) is 14.6. The van der Waals surface area contributed by atoms with Gasteiger partial charge in [0.15, 0.2) is 0 Å². The van der Waals surface area contributed by atoms with Crippen LogP contribution in [0.1, 0.15) is 24.3 Å². The number of pyridine rings is 1. The first-order valence-corrected chi connectivity index (χ1v) is 8.08. The molecular weight excluding hydrogens is 295 g/mol. The zero-order chi connectivity index (χ0) is 16.0. The number of hydrogen-bond donors (Lipinski definition) is 1. The van der Waals surface area contributed by atoms with Gasteiger partial charge in [-0.3, -0.25) is 14.7 Å². The van der Waals surface area contributed by atoms with Gasteiger partial charge in [-0.25, -0.2) is 4.39 Å². The van der Waals surface area contributed by atoms with E-state index in [9.17, 15) is 9.18 Å². The van der Waals surface area contributed by atoms with Gasteiger partial charge in [-0.05, 0) is 60.4 Å². The lowest BCUT2D eigenvalue weighted by Gasteiger charge is -2.18. The molecule has 1 aliphatic heterocycles. The van der Waals surface area contributed by atoms with Crippen LogP contribution in [0.2, 0.25) is 0 Å². The second-order valence-corrected chi connectivity index (χ2v) is 6.84. The van der Waals surface area contributed by atoms with Crippen LogP contribution in [0.15, 0.2) is 30.5 Å². The predicted octanol–water partition coefficient (Wildman–Crippen LogP) is 2.88. The number of fused-ring (bicyclic) bond motifs is 2. The molecule has 0 spiro atoms. The van der Waals surface area contributed by atoms with Gasteiger partial charge >= 0.3 is 5.97 Å². The number of benzene rings is 1. The quantitative estimate of drug-likeness (QED) is 0.946. The number of carboxylic acid groups (broad SMARTS) is 1. The molecule has 1 aromatic heterocycles. The van der Waals surface area contributed by atoms with E-state index < -0.39 is 5.97 Å². The molecule has 2 aromatic rings. The molecule has 4 nitrogen and oxygen atoms in total. The molecule has 4 rings (SSSR count). The average Bonchev–Trinajstić information content (AvgIpc) is 3.04. The topological polar surface area (TPSA) is 53.4 Å². The lowest BCUT2D eigenvalue weighted by Crippen LogP contribution is -2.28. The standard InChI is InChI=1S/C18H19FN2O2/c19-14-1-2-17-16(7-14)15(3-4-20-17)11-5-12-8-21(10-18(22)23)9-13(12)6-11/h1-4,7,11-13H,5-6,8-10H2,(H,22,23)/t11?,12-,13?/m0/s1. The van der Waals surface area contributed by atoms with Crippen molar-refractivity contribution in [2.75, 3.05) is 19.6 Å². The zero-order valence-corrected chi connectivity index (χ0v) is 12.8. The molecule has 1 aliphatic carbocycles. The molecular formula is C18H19FN2O2. The van der Waals surface area contributed by atoms with Gasteiger partial charge in [-0.15, -0.1) is 0 Å². The first-order chi connectivity index (χ1) is 11.1. The summed E-state index contributed by atoms with van der Waals surface area (Å²) >= 11 is 0. The third kappa shape index (κ3) is 2.70. The molecule has 0 bridgehead atoms. The van der Waals surface area contributed by atoms with E-state index in [0.717, 1.165) is 36.8 Å². The van der Waals surface area contributed by atoms with Crippen LogP contribution >= 0.6 is 0 Å². The molecule has 1 saturated carbocycles. The maximum absolute atomic E-state index is 13.6. The van der Waals surface area contributed by atoms with Crippen molar-refractivity contribution < 1.29 is 14.3 Å². The molecule has 2 unspecified atom stereocenters. The molecule has 3 atom stereocenters. The monoisotopic (exact) mass is 314 g/mol. The Bertz CT molecular complexity index is 750. The van der Waals surface area contributed by atoms with Gasteiger partial charge in [-0.1, -0.05) is 0 Å². The fourth-order valence-corrected chi connectivity index (χ4v) is 4.47. The van der Waals surface area contributed by atoms with E-state index in [0.29, 0.717) is 17.8 Å². The minimum Gasteiger partial charge on any atom is -0.480 e. The number of hydrogen-bond acceptors (Lipinski definition) is 3. The Morgan fingerprint density at radius 3 is 2.70 bits per heavy atom. The van der Waals surface area contributed by atoms with E-state index in [-0.39, 0.29) is 12.4 Å². The summed E-state index contributed by atoms with van der Waals surface area (Å²) in [6, 6.07) is 6.79. The molecule has 2 fully saturated rings. The maximum atomic E-state index is 13.6. The minimum absolute atomic E-state index is 0.140. The van der Waals surface area contributed by atoms with Crippen molar-refractivity contribution in [3.63, 3.8) is 0 Å². The van der Waals surface area contributed by atoms with Gasteiger partial charge in [0.1, 0.15) is 5.82 Å². The fourth-order valence-electron chi connectivity index (χ4n) is 4.47. The van der Waals surface area contributed by atoms with E-state index in [1.807, 2.05) is 11.0 Å². The average molecular weight is 314 g/mol. The molecule has 2 aliphatic rings. The number of nitrogens with zero attached hydrogens (tertiary/aromatic N) is 2. The van der Waals surface area contributed by atoms with Crippen LogP contribution in [0.25, 0.3) is 10.9 Å². The van der Waals surface area contributed by atoms with Gasteiger partial charge in [0.25, 0.3) is 0 Å². The number of rotatable bonds is 3. The van der Waals surface area contributed by atoms with Crippen molar-refractivity contribution in [1.82, 2.24) is 9.88 Å². The first-order valence-electron chi connectivity index (χ1n) is 8.08. The highest BCUT2D eigenvalue weighted by molar-refractivity contribution is 5.82. The summed E-state index contributed by atoms with van der Waals surface area (Å²) in [6.07, 6.45) is 3.91. The molecule has 1 N–H and O–H groups in total. The summed E-state index contributed by atoms with van der Waals surface area (Å²) in [7, 11) is 0. The van der Waals surface area contributed by atoms with Crippen molar-refractivity contribution in [3.05, 3.63) is 41.8 Å². The number of aromatic nitrogens is 1. The van der Waals surface area contributed by atoms with Gasteiger partial charge < -0.3 is 5.11 Å². The second-order valence-electron chi connectivity index (χ2n) is 6.84. The molecule has 2 heterocycles. The van der Waals surface area contributed by atoms with Crippen LogP contribution in [-0.4, -0.2) is 40.6 Å². The smallest absolute Gasteiger partial charge is 0.317 e. The van der Waals surface area contributed by atoms with Crippen LogP contribution in [0.3, 0.4) is 0 Å². The van der Waals surface area contributed by atoms with Gasteiger partial charge in [-0.2, -0.15) is 0 Å². The molecule has 0 amide bonds. The van der Waals surface area contributed by atoms with E-state index in [1.54, 1.807) is 18.3 Å². The summed E-state index contributed by atoms with van der Waals surface area (Å²) in [4.78, 5) is 17.2. The van der Waals surface area contributed by atoms with E-state index in [2.05, 4.69) is 4.98 Å². The van der Waals surface area contributed by atoms with Crippen molar-refractivity contribution in [2.24, 2.45) is 11.8 Å².